The van der Waals surface area contributed by atoms with Gasteiger partial charge in [0.15, 0.2) is 0 Å². The fraction of sp³-hybridized carbons (Fsp3) is 0.400. The van der Waals surface area contributed by atoms with Crippen LogP contribution in [0.4, 0.5) is 0 Å². The lowest BCUT2D eigenvalue weighted by molar-refractivity contribution is 0.0340. The van der Waals surface area contributed by atoms with E-state index in [1.807, 2.05) is 5.38 Å². The number of aromatic nitrogens is 2. The molecule has 0 saturated carbocycles. The zero-order valence-corrected chi connectivity index (χ0v) is 9.70. The van der Waals surface area contributed by atoms with Gasteiger partial charge >= 0.3 is 0 Å². The predicted molar refractivity (Wildman–Crippen MR) is 59.9 cm³/mol. The average molecular weight is 239 g/mol. The molecule has 0 spiro atoms. The Kier molecular flexibility index (Phi) is 3.33. The van der Waals surface area contributed by atoms with Gasteiger partial charge in [0.05, 0.1) is 12.0 Å². The van der Waals surface area contributed by atoms with Gasteiger partial charge in [-0.05, 0) is 30.6 Å². The van der Waals surface area contributed by atoms with Gasteiger partial charge in [-0.1, -0.05) is 4.49 Å². The molecule has 2 rings (SSSR count). The predicted octanol–water partition coefficient (Wildman–Crippen LogP) is 1.13. The van der Waals surface area contributed by atoms with Gasteiger partial charge in [-0.25, -0.2) is 0 Å². The summed E-state index contributed by atoms with van der Waals surface area (Å²) in [6.45, 7) is 2.70. The molecule has 0 aliphatic rings. The van der Waals surface area contributed by atoms with E-state index in [0.717, 1.165) is 5.69 Å². The molecule has 0 aliphatic heterocycles. The first-order valence-corrected chi connectivity index (χ1v) is 5.75. The van der Waals surface area contributed by atoms with Crippen LogP contribution in [0.25, 0.3) is 0 Å². The summed E-state index contributed by atoms with van der Waals surface area (Å²) in [7, 11) is 0. The molecule has 1 unspecified atom stereocenters. The molecule has 2 aromatic heterocycles. The highest BCUT2D eigenvalue weighted by molar-refractivity contribution is 7.03. The van der Waals surface area contributed by atoms with Crippen molar-refractivity contribution in [3.63, 3.8) is 0 Å². The Bertz CT molecular complexity index is 411. The number of hydrogen-bond acceptors (Lipinski definition) is 6. The molecule has 6 heteroatoms. The maximum absolute atomic E-state index is 10.1. The third kappa shape index (κ3) is 2.66. The van der Waals surface area contributed by atoms with E-state index in [9.17, 15) is 5.11 Å². The van der Waals surface area contributed by atoms with Crippen LogP contribution in [0.3, 0.4) is 0 Å². The lowest BCUT2D eigenvalue weighted by Crippen LogP contribution is -2.34. The molecule has 0 amide bonds. The summed E-state index contributed by atoms with van der Waals surface area (Å²) >= 11 is 1.31. The summed E-state index contributed by atoms with van der Waals surface area (Å²) in [5.41, 5.74) is -0.132. The number of furan rings is 1. The molecular formula is C10H13N3O2S. The van der Waals surface area contributed by atoms with Crippen molar-refractivity contribution < 1.29 is 9.52 Å². The molecule has 0 aromatic carbocycles. The van der Waals surface area contributed by atoms with Crippen LogP contribution in [0, 0.1) is 0 Å². The highest BCUT2D eigenvalue weighted by Crippen LogP contribution is 2.19. The van der Waals surface area contributed by atoms with Gasteiger partial charge in [0.25, 0.3) is 0 Å². The van der Waals surface area contributed by atoms with Crippen LogP contribution < -0.4 is 5.32 Å². The van der Waals surface area contributed by atoms with Gasteiger partial charge in [-0.15, -0.1) is 5.10 Å². The number of hydrogen-bond donors (Lipinski definition) is 2. The molecule has 86 valence electrons. The summed E-state index contributed by atoms with van der Waals surface area (Å²) in [6, 6.07) is 3.51. The smallest absolute Gasteiger partial charge is 0.136 e. The summed E-state index contributed by atoms with van der Waals surface area (Å²) in [6.07, 6.45) is 1.55. The Morgan fingerprint density at radius 2 is 2.50 bits per heavy atom. The van der Waals surface area contributed by atoms with Crippen molar-refractivity contribution in [2.24, 2.45) is 0 Å². The van der Waals surface area contributed by atoms with E-state index in [0.29, 0.717) is 18.8 Å². The van der Waals surface area contributed by atoms with Gasteiger partial charge < -0.3 is 14.8 Å². The van der Waals surface area contributed by atoms with Crippen LogP contribution in [-0.2, 0) is 12.1 Å². The van der Waals surface area contributed by atoms with Gasteiger partial charge in [0, 0.05) is 18.5 Å². The van der Waals surface area contributed by atoms with Crippen LogP contribution >= 0.6 is 11.5 Å². The third-order valence-electron chi connectivity index (χ3n) is 2.23. The maximum atomic E-state index is 10.1. The maximum Gasteiger partial charge on any atom is 0.136 e. The van der Waals surface area contributed by atoms with E-state index >= 15 is 0 Å². The highest BCUT2D eigenvalue weighted by Gasteiger charge is 2.25. The van der Waals surface area contributed by atoms with Gasteiger partial charge in [-0.2, -0.15) is 0 Å². The van der Waals surface area contributed by atoms with Crippen molar-refractivity contribution in [1.29, 1.82) is 0 Å². The lowest BCUT2D eigenvalue weighted by atomic mass is 10.0. The van der Waals surface area contributed by atoms with Crippen molar-refractivity contribution in [2.75, 3.05) is 6.54 Å². The Morgan fingerprint density at radius 3 is 3.12 bits per heavy atom. The molecule has 16 heavy (non-hydrogen) atoms. The highest BCUT2D eigenvalue weighted by atomic mass is 32.1. The number of nitrogens with one attached hydrogen (secondary N) is 1. The normalized spacial score (nSPS) is 14.9. The molecule has 0 bridgehead atoms. The van der Waals surface area contributed by atoms with E-state index in [1.165, 1.54) is 11.5 Å². The standard InChI is InChI=1S/C10H13N3O2S/c1-10(14,9-3-2-4-15-9)7-11-5-8-6-16-13-12-8/h2-4,6,11,14H,5,7H2,1H3. The van der Waals surface area contributed by atoms with Crippen molar-refractivity contribution in [2.45, 2.75) is 19.1 Å². The minimum Gasteiger partial charge on any atom is -0.466 e. The van der Waals surface area contributed by atoms with Crippen LogP contribution in [0.15, 0.2) is 28.2 Å². The molecule has 2 N–H and O–H groups in total. The average Bonchev–Trinajstić information content (AvgIpc) is 2.90. The van der Waals surface area contributed by atoms with Gasteiger partial charge in [0.2, 0.25) is 0 Å². The topological polar surface area (TPSA) is 71.2 Å². The van der Waals surface area contributed by atoms with Crippen molar-refractivity contribution in [1.82, 2.24) is 14.9 Å². The van der Waals surface area contributed by atoms with E-state index in [4.69, 9.17) is 4.42 Å². The number of nitrogens with zero attached hydrogens (tertiary/aromatic N) is 2. The lowest BCUT2D eigenvalue weighted by Gasteiger charge is -2.20. The molecule has 1 atom stereocenters. The van der Waals surface area contributed by atoms with Crippen LogP contribution in [0.1, 0.15) is 18.4 Å². The minimum absolute atomic E-state index is 0.401. The summed E-state index contributed by atoms with van der Waals surface area (Å²) in [4.78, 5) is 0. The van der Waals surface area contributed by atoms with E-state index < -0.39 is 5.60 Å². The minimum atomic E-state index is -1.01. The summed E-state index contributed by atoms with van der Waals surface area (Å²) in [5.74, 6) is 0.552. The Hall–Kier alpha value is -1.24. The summed E-state index contributed by atoms with van der Waals surface area (Å²) < 4.78 is 8.93. The molecule has 2 heterocycles. The second kappa shape index (κ2) is 4.73. The van der Waals surface area contributed by atoms with Crippen LogP contribution in [-0.4, -0.2) is 21.2 Å². The number of aliphatic hydroxyl groups is 1. The molecule has 0 saturated heterocycles. The zero-order valence-electron chi connectivity index (χ0n) is 8.88. The second-order valence-corrected chi connectivity index (χ2v) is 4.36. The van der Waals surface area contributed by atoms with E-state index in [-0.39, 0.29) is 0 Å². The first kappa shape index (κ1) is 11.3. The van der Waals surface area contributed by atoms with Crippen molar-refractivity contribution in [3.05, 3.63) is 35.2 Å². The molecule has 5 nitrogen and oxygen atoms in total. The molecule has 0 radical (unpaired) electrons. The Morgan fingerprint density at radius 1 is 1.62 bits per heavy atom. The molecule has 2 aromatic rings. The molecule has 0 fully saturated rings. The largest absolute Gasteiger partial charge is 0.466 e. The fourth-order valence-corrected chi connectivity index (χ4v) is 1.82. The second-order valence-electron chi connectivity index (χ2n) is 3.75. The van der Waals surface area contributed by atoms with Crippen molar-refractivity contribution in [3.8, 4) is 0 Å². The van der Waals surface area contributed by atoms with E-state index in [2.05, 4.69) is 14.9 Å². The Balaban J connectivity index is 1.85. The van der Waals surface area contributed by atoms with Gasteiger partial charge in [0.1, 0.15) is 11.4 Å². The monoisotopic (exact) mass is 239 g/mol. The number of rotatable bonds is 5. The van der Waals surface area contributed by atoms with Gasteiger partial charge in [-0.3, -0.25) is 0 Å². The zero-order chi connectivity index (χ0) is 11.4. The quantitative estimate of drug-likeness (QED) is 0.818. The SMILES string of the molecule is CC(O)(CNCc1csnn1)c1ccco1. The first-order chi connectivity index (χ1) is 7.68. The van der Waals surface area contributed by atoms with Crippen molar-refractivity contribution >= 4 is 11.5 Å². The Labute approximate surface area is 97.3 Å². The molecular weight excluding hydrogens is 226 g/mol. The third-order valence-corrected chi connectivity index (χ3v) is 2.79. The molecule has 0 aliphatic carbocycles. The summed E-state index contributed by atoms with van der Waals surface area (Å²) in [5, 5.41) is 19.0. The first-order valence-electron chi connectivity index (χ1n) is 4.91. The van der Waals surface area contributed by atoms with E-state index in [1.54, 1.807) is 25.3 Å². The van der Waals surface area contributed by atoms with Crippen LogP contribution in [0.5, 0.6) is 0 Å². The van der Waals surface area contributed by atoms with Crippen LogP contribution in [0.2, 0.25) is 0 Å². The fourth-order valence-electron chi connectivity index (χ4n) is 1.37.